The fraction of sp³-hybridized carbons (Fsp3) is 0.125. The second-order valence-electron chi connectivity index (χ2n) is 4.80. The molecule has 23 heavy (non-hydrogen) atoms. The molecule has 0 fully saturated rings. The summed E-state index contributed by atoms with van der Waals surface area (Å²) in [7, 11) is 0. The van der Waals surface area contributed by atoms with E-state index in [1.54, 1.807) is 48.5 Å². The Balaban J connectivity index is 2.19. The Hall–Kier alpha value is -2.69. The van der Waals surface area contributed by atoms with Crippen LogP contribution in [0, 0.1) is 11.3 Å². The molecule has 0 bridgehead atoms. The Morgan fingerprint density at radius 1 is 1.22 bits per heavy atom. The monoisotopic (exact) mass is 329 g/mol. The minimum absolute atomic E-state index is 0.182. The molecule has 0 aliphatic rings. The van der Waals surface area contributed by atoms with E-state index < -0.39 is 11.3 Å². The molecule has 0 saturated heterocycles. The van der Waals surface area contributed by atoms with Crippen molar-refractivity contribution < 1.29 is 13.6 Å². The maximum absolute atomic E-state index is 11.6. The molecule has 1 unspecified atom stereocenters. The van der Waals surface area contributed by atoms with E-state index in [2.05, 4.69) is 5.32 Å². The lowest BCUT2D eigenvalue weighted by Gasteiger charge is -2.20. The minimum Gasteiger partial charge on any atom is -0.326 e. The fourth-order valence-corrected chi connectivity index (χ4v) is 2.56. The Kier molecular flexibility index (Phi) is 5.46. The van der Waals surface area contributed by atoms with Crippen LogP contribution in [0.3, 0.4) is 0 Å². The van der Waals surface area contributed by atoms with Crippen LogP contribution < -0.4 is 9.62 Å². The predicted molar refractivity (Wildman–Crippen MR) is 88.9 cm³/mol. The van der Waals surface area contributed by atoms with E-state index in [1.165, 1.54) is 11.2 Å². The van der Waals surface area contributed by atoms with Gasteiger partial charge in [-0.2, -0.15) is 5.26 Å². The van der Waals surface area contributed by atoms with Gasteiger partial charge in [-0.15, -0.1) is 0 Å². The van der Waals surface area contributed by atoms with E-state index in [9.17, 15) is 13.6 Å². The van der Waals surface area contributed by atoms with Crippen LogP contribution in [0.2, 0.25) is 0 Å². The molecule has 2 aromatic rings. The van der Waals surface area contributed by atoms with Gasteiger partial charge < -0.3 is 5.32 Å². The second-order valence-corrected chi connectivity index (χ2v) is 5.71. The molecule has 1 amide bonds. The van der Waals surface area contributed by atoms with Crippen LogP contribution in [0.4, 0.5) is 11.4 Å². The van der Waals surface area contributed by atoms with E-state index in [1.807, 2.05) is 6.07 Å². The molecule has 0 heterocycles. The average molecular weight is 329 g/mol. The van der Waals surface area contributed by atoms with Crippen molar-refractivity contribution in [1.82, 2.24) is 0 Å². The van der Waals surface area contributed by atoms with E-state index in [0.717, 1.165) is 5.56 Å². The zero-order valence-corrected chi connectivity index (χ0v) is 13.2. The summed E-state index contributed by atoms with van der Waals surface area (Å²) < 4.78 is 22.4. The van der Waals surface area contributed by atoms with E-state index in [-0.39, 0.29) is 12.5 Å². The quantitative estimate of drug-likeness (QED) is 0.825. The normalized spacial score (nSPS) is 11.3. The molecule has 118 valence electrons. The molecule has 0 aliphatic heterocycles. The zero-order valence-electron chi connectivity index (χ0n) is 12.4. The third-order valence-electron chi connectivity index (χ3n) is 3.07. The van der Waals surface area contributed by atoms with Gasteiger partial charge in [-0.25, -0.2) is 4.21 Å². The van der Waals surface area contributed by atoms with Gasteiger partial charge in [0.1, 0.15) is 0 Å². The molecular formula is C16H15N3O3S. The predicted octanol–water partition coefficient (Wildman–Crippen LogP) is 2.66. The van der Waals surface area contributed by atoms with Crippen LogP contribution in [-0.2, 0) is 22.6 Å². The summed E-state index contributed by atoms with van der Waals surface area (Å²) in [6.07, 6.45) is 0. The number of nitrogens with one attached hydrogen (secondary N) is 1. The number of anilines is 2. The van der Waals surface area contributed by atoms with Crippen molar-refractivity contribution in [3.8, 4) is 6.07 Å². The molecule has 7 heteroatoms. The highest BCUT2D eigenvalue weighted by Crippen LogP contribution is 2.21. The van der Waals surface area contributed by atoms with Crippen molar-refractivity contribution >= 4 is 28.5 Å². The maximum atomic E-state index is 11.6. The lowest BCUT2D eigenvalue weighted by molar-refractivity contribution is -0.114. The first-order valence-electron chi connectivity index (χ1n) is 6.75. The highest BCUT2D eigenvalue weighted by atomic mass is 32.2. The number of nitriles is 1. The standard InChI is InChI=1S/C16H15N3O3S/c1-12(20)18-15-6-8-16(9-7-15)19(23(21)22)11-14-4-2-13(10-17)3-5-14/h2-9H,11H2,1H3,(H,18,20)(H,21,22). The molecule has 0 radical (unpaired) electrons. The largest absolute Gasteiger partial charge is 0.326 e. The number of carbonyl (C=O) groups excluding carboxylic acids is 1. The molecule has 2 N–H and O–H groups in total. The van der Waals surface area contributed by atoms with E-state index >= 15 is 0 Å². The van der Waals surface area contributed by atoms with Gasteiger partial charge in [0.05, 0.1) is 23.9 Å². The van der Waals surface area contributed by atoms with Crippen molar-refractivity contribution in [3.63, 3.8) is 0 Å². The first-order chi connectivity index (χ1) is 11.0. The zero-order chi connectivity index (χ0) is 16.8. The summed E-state index contributed by atoms with van der Waals surface area (Å²) in [5, 5.41) is 11.4. The summed E-state index contributed by atoms with van der Waals surface area (Å²) >= 11 is -2.20. The van der Waals surface area contributed by atoms with Gasteiger partial charge in [0.2, 0.25) is 5.91 Å². The molecule has 2 rings (SSSR count). The maximum Gasteiger partial charge on any atom is 0.262 e. The van der Waals surface area contributed by atoms with Crippen LogP contribution in [0.5, 0.6) is 0 Å². The third kappa shape index (κ3) is 4.64. The Morgan fingerprint density at radius 2 is 1.83 bits per heavy atom. The molecule has 0 aliphatic carbocycles. The summed E-state index contributed by atoms with van der Waals surface area (Å²) in [4.78, 5) is 11.0. The number of carbonyl (C=O) groups is 1. The van der Waals surface area contributed by atoms with Crippen molar-refractivity contribution in [2.24, 2.45) is 0 Å². The van der Waals surface area contributed by atoms with Crippen molar-refractivity contribution in [3.05, 3.63) is 59.7 Å². The van der Waals surface area contributed by atoms with Crippen molar-refractivity contribution in [1.29, 1.82) is 5.26 Å². The summed E-state index contributed by atoms with van der Waals surface area (Å²) in [6, 6.07) is 15.5. The summed E-state index contributed by atoms with van der Waals surface area (Å²) in [5.74, 6) is -0.182. The average Bonchev–Trinajstić information content (AvgIpc) is 2.53. The molecule has 0 spiro atoms. The van der Waals surface area contributed by atoms with Crippen LogP contribution >= 0.6 is 0 Å². The first kappa shape index (κ1) is 16.7. The Bertz CT molecular complexity index is 752. The van der Waals surface area contributed by atoms with Gasteiger partial charge >= 0.3 is 0 Å². The number of rotatable bonds is 5. The topological polar surface area (TPSA) is 93.4 Å². The number of benzene rings is 2. The van der Waals surface area contributed by atoms with Gasteiger partial charge in [0.15, 0.2) is 0 Å². The van der Waals surface area contributed by atoms with Gasteiger partial charge in [-0.1, -0.05) is 12.1 Å². The molecule has 0 saturated carbocycles. The van der Waals surface area contributed by atoms with Gasteiger partial charge in [0, 0.05) is 12.6 Å². The summed E-state index contributed by atoms with van der Waals surface area (Å²) in [6.45, 7) is 1.63. The second kappa shape index (κ2) is 7.54. The number of hydrogen-bond acceptors (Lipinski definition) is 3. The SMILES string of the molecule is CC(=O)Nc1ccc(N(Cc2ccc(C#N)cc2)S(=O)O)cc1. The van der Waals surface area contributed by atoms with Gasteiger partial charge in [-0.3, -0.25) is 13.7 Å². The number of hydrogen-bond donors (Lipinski definition) is 2. The Morgan fingerprint density at radius 3 is 2.30 bits per heavy atom. The van der Waals surface area contributed by atoms with Crippen molar-refractivity contribution in [2.75, 3.05) is 9.62 Å². The van der Waals surface area contributed by atoms with E-state index in [4.69, 9.17) is 5.26 Å². The van der Waals surface area contributed by atoms with Gasteiger partial charge in [-0.05, 0) is 42.0 Å². The Labute approximate surface area is 136 Å². The van der Waals surface area contributed by atoms with Gasteiger partial charge in [0.25, 0.3) is 11.3 Å². The summed E-state index contributed by atoms with van der Waals surface area (Å²) in [5.41, 5.74) is 2.50. The first-order valence-corrected chi connectivity index (χ1v) is 7.81. The molecule has 2 aromatic carbocycles. The van der Waals surface area contributed by atoms with Crippen LogP contribution in [0.25, 0.3) is 0 Å². The lowest BCUT2D eigenvalue weighted by atomic mass is 10.1. The van der Waals surface area contributed by atoms with E-state index in [0.29, 0.717) is 16.9 Å². The number of nitrogens with zero attached hydrogens (tertiary/aromatic N) is 2. The fourth-order valence-electron chi connectivity index (χ4n) is 2.00. The highest BCUT2D eigenvalue weighted by molar-refractivity contribution is 7.80. The molecule has 6 nitrogen and oxygen atoms in total. The molecule has 1 atom stereocenters. The lowest BCUT2D eigenvalue weighted by Crippen LogP contribution is -2.24. The van der Waals surface area contributed by atoms with Crippen LogP contribution in [0.1, 0.15) is 18.1 Å². The number of amides is 1. The van der Waals surface area contributed by atoms with Crippen LogP contribution in [-0.4, -0.2) is 14.7 Å². The molecular weight excluding hydrogens is 314 g/mol. The third-order valence-corrected chi connectivity index (χ3v) is 3.79. The minimum atomic E-state index is -2.20. The highest BCUT2D eigenvalue weighted by Gasteiger charge is 2.13. The smallest absolute Gasteiger partial charge is 0.262 e. The molecule has 0 aromatic heterocycles. The van der Waals surface area contributed by atoms with Crippen LogP contribution in [0.15, 0.2) is 48.5 Å². The van der Waals surface area contributed by atoms with Crippen molar-refractivity contribution in [2.45, 2.75) is 13.5 Å².